The zero-order valence-corrected chi connectivity index (χ0v) is 12.8. The van der Waals surface area contributed by atoms with Crippen molar-refractivity contribution in [3.05, 3.63) is 0 Å². The number of nitrogens with zero attached hydrogens (tertiary/aromatic N) is 2. The Kier molecular flexibility index (Phi) is 6.22. The van der Waals surface area contributed by atoms with Gasteiger partial charge in [0.05, 0.1) is 12.9 Å². The van der Waals surface area contributed by atoms with Crippen molar-refractivity contribution in [3.63, 3.8) is 0 Å². The van der Waals surface area contributed by atoms with Crippen LogP contribution in [-0.4, -0.2) is 69.7 Å². The number of ether oxygens (including phenoxy) is 1. The van der Waals surface area contributed by atoms with Crippen LogP contribution < -0.4 is 0 Å². The summed E-state index contributed by atoms with van der Waals surface area (Å²) in [4.78, 5) is 13.0. The van der Waals surface area contributed by atoms with Crippen LogP contribution in [0.5, 0.6) is 0 Å². The van der Waals surface area contributed by atoms with Crippen LogP contribution in [0.25, 0.3) is 0 Å². The predicted octanol–water partition coefficient (Wildman–Crippen LogP) is 0.295. The molecule has 1 aliphatic rings. The van der Waals surface area contributed by atoms with E-state index in [1.54, 1.807) is 4.31 Å². The summed E-state index contributed by atoms with van der Waals surface area (Å²) in [5.74, 6) is -0.345. The zero-order valence-electron chi connectivity index (χ0n) is 12.0. The molecule has 1 atom stereocenters. The molecule has 7 heteroatoms. The van der Waals surface area contributed by atoms with Crippen LogP contribution in [-0.2, 0) is 19.6 Å². The number of sulfonamides is 1. The molecule has 0 amide bonds. The Hall–Kier alpha value is -0.660. The van der Waals surface area contributed by atoms with Gasteiger partial charge in [0, 0.05) is 25.6 Å². The van der Waals surface area contributed by atoms with Crippen molar-refractivity contribution in [3.8, 4) is 0 Å². The number of likely N-dealkylation sites (N-methyl/N-ethyl adjacent to an activating group) is 1. The molecule has 112 valence electrons. The number of hydrogen-bond acceptors (Lipinski definition) is 5. The molecule has 19 heavy (non-hydrogen) atoms. The third kappa shape index (κ3) is 5.08. The second-order valence-corrected chi connectivity index (χ2v) is 7.20. The quantitative estimate of drug-likeness (QED) is 0.659. The fraction of sp³-hybridized carbons (Fsp3) is 0.917. The highest BCUT2D eigenvalue weighted by molar-refractivity contribution is 7.89. The molecule has 0 bridgehead atoms. The van der Waals surface area contributed by atoms with Crippen molar-refractivity contribution in [1.29, 1.82) is 0 Å². The Bertz CT molecular complexity index is 395. The van der Waals surface area contributed by atoms with Gasteiger partial charge < -0.3 is 9.64 Å². The minimum absolute atomic E-state index is 0.0161. The summed E-state index contributed by atoms with van der Waals surface area (Å²) in [5.41, 5.74) is 0. The Labute approximate surface area is 115 Å². The fourth-order valence-corrected chi connectivity index (χ4v) is 3.80. The maximum Gasteiger partial charge on any atom is 0.305 e. The number of hydrogen-bond donors (Lipinski definition) is 0. The van der Waals surface area contributed by atoms with Gasteiger partial charge in [0.15, 0.2) is 0 Å². The van der Waals surface area contributed by atoms with Crippen molar-refractivity contribution in [2.45, 2.75) is 31.7 Å². The maximum atomic E-state index is 12.2. The summed E-state index contributed by atoms with van der Waals surface area (Å²) in [6.45, 7) is 1.14. The van der Waals surface area contributed by atoms with E-state index < -0.39 is 10.0 Å². The number of carbonyl (C=O) groups is 1. The molecule has 0 aliphatic carbocycles. The lowest BCUT2D eigenvalue weighted by Crippen LogP contribution is -2.48. The molecule has 1 fully saturated rings. The van der Waals surface area contributed by atoms with Crippen molar-refractivity contribution >= 4 is 16.0 Å². The van der Waals surface area contributed by atoms with E-state index in [-0.39, 0.29) is 24.2 Å². The van der Waals surface area contributed by atoms with Gasteiger partial charge in [-0.05, 0) is 33.4 Å². The zero-order chi connectivity index (χ0) is 14.5. The van der Waals surface area contributed by atoms with Gasteiger partial charge in [-0.15, -0.1) is 0 Å². The molecule has 1 saturated heterocycles. The smallest absolute Gasteiger partial charge is 0.305 e. The molecular weight excluding hydrogens is 268 g/mol. The van der Waals surface area contributed by atoms with Crippen LogP contribution in [0.3, 0.4) is 0 Å². The highest BCUT2D eigenvalue weighted by Gasteiger charge is 2.29. The highest BCUT2D eigenvalue weighted by atomic mass is 32.2. The molecule has 6 nitrogen and oxygen atoms in total. The van der Waals surface area contributed by atoms with Crippen molar-refractivity contribution < 1.29 is 17.9 Å². The van der Waals surface area contributed by atoms with Gasteiger partial charge in [-0.2, -0.15) is 0 Å². The van der Waals surface area contributed by atoms with Crippen LogP contribution in [0.1, 0.15) is 25.7 Å². The summed E-state index contributed by atoms with van der Waals surface area (Å²) in [6, 6.07) is 0.282. The summed E-state index contributed by atoms with van der Waals surface area (Å²) < 4.78 is 30.4. The van der Waals surface area contributed by atoms with E-state index in [0.717, 1.165) is 12.8 Å². The molecule has 1 heterocycles. The largest absolute Gasteiger partial charge is 0.469 e. The monoisotopic (exact) mass is 292 g/mol. The van der Waals surface area contributed by atoms with E-state index in [0.29, 0.717) is 19.5 Å². The third-order valence-corrected chi connectivity index (χ3v) is 5.42. The van der Waals surface area contributed by atoms with E-state index in [2.05, 4.69) is 9.64 Å². The molecule has 0 saturated carbocycles. The number of rotatable bonds is 6. The molecule has 0 spiro atoms. The molecule has 0 aromatic carbocycles. The first-order valence-corrected chi connectivity index (χ1v) is 8.19. The Balaban J connectivity index is 2.50. The molecule has 1 unspecified atom stereocenters. The van der Waals surface area contributed by atoms with Gasteiger partial charge in [-0.1, -0.05) is 0 Å². The minimum Gasteiger partial charge on any atom is -0.469 e. The summed E-state index contributed by atoms with van der Waals surface area (Å²) in [7, 11) is 1.99. The second kappa shape index (κ2) is 7.21. The molecule has 0 radical (unpaired) electrons. The van der Waals surface area contributed by atoms with E-state index in [4.69, 9.17) is 0 Å². The van der Waals surface area contributed by atoms with Crippen LogP contribution in [0.2, 0.25) is 0 Å². The number of methoxy groups -OCH3 is 1. The first-order chi connectivity index (χ1) is 8.86. The van der Waals surface area contributed by atoms with Crippen molar-refractivity contribution in [2.75, 3.05) is 40.0 Å². The third-order valence-electron chi connectivity index (χ3n) is 3.49. The normalized spacial score (nSPS) is 21.6. The molecule has 1 rings (SSSR count). The van der Waals surface area contributed by atoms with E-state index in [1.807, 2.05) is 14.1 Å². The number of esters is 1. The van der Waals surface area contributed by atoms with Crippen molar-refractivity contribution in [2.24, 2.45) is 0 Å². The first kappa shape index (κ1) is 16.4. The van der Waals surface area contributed by atoms with E-state index >= 15 is 0 Å². The van der Waals surface area contributed by atoms with Crippen LogP contribution in [0.4, 0.5) is 0 Å². The molecule has 1 aliphatic heterocycles. The standard InChI is InChI=1S/C12H24N2O4S/c1-13(2)11-6-4-8-14(10-11)19(16,17)9-5-7-12(15)18-3/h11H,4-10H2,1-3H3. The molecule has 0 N–H and O–H groups in total. The number of carbonyl (C=O) groups excluding carboxylic acids is 1. The lowest BCUT2D eigenvalue weighted by molar-refractivity contribution is -0.140. The Morgan fingerprint density at radius 1 is 1.42 bits per heavy atom. The van der Waals surface area contributed by atoms with Gasteiger partial charge in [0.1, 0.15) is 0 Å². The lowest BCUT2D eigenvalue weighted by Gasteiger charge is -2.35. The lowest BCUT2D eigenvalue weighted by atomic mass is 10.1. The van der Waals surface area contributed by atoms with E-state index in [1.165, 1.54) is 7.11 Å². The average Bonchev–Trinajstić information content (AvgIpc) is 2.38. The molecular formula is C12H24N2O4S. The van der Waals surface area contributed by atoms with Gasteiger partial charge in [0.25, 0.3) is 0 Å². The predicted molar refractivity (Wildman–Crippen MR) is 73.3 cm³/mol. The molecule has 0 aromatic rings. The van der Waals surface area contributed by atoms with Crippen LogP contribution in [0.15, 0.2) is 0 Å². The van der Waals surface area contributed by atoms with Crippen molar-refractivity contribution in [1.82, 2.24) is 9.21 Å². The van der Waals surface area contributed by atoms with Gasteiger partial charge >= 0.3 is 5.97 Å². The highest BCUT2D eigenvalue weighted by Crippen LogP contribution is 2.17. The second-order valence-electron chi connectivity index (χ2n) is 5.11. The van der Waals surface area contributed by atoms with E-state index in [9.17, 15) is 13.2 Å². The SMILES string of the molecule is COC(=O)CCCS(=O)(=O)N1CCCC(N(C)C)C1. The van der Waals surface area contributed by atoms with Gasteiger partial charge in [-0.25, -0.2) is 12.7 Å². The molecule has 0 aromatic heterocycles. The van der Waals surface area contributed by atoms with Gasteiger partial charge in [0.2, 0.25) is 10.0 Å². The summed E-state index contributed by atoms with van der Waals surface area (Å²) in [5, 5.41) is 0. The first-order valence-electron chi connectivity index (χ1n) is 6.58. The maximum absolute atomic E-state index is 12.2. The Morgan fingerprint density at radius 3 is 2.68 bits per heavy atom. The topological polar surface area (TPSA) is 66.9 Å². The summed E-state index contributed by atoms with van der Waals surface area (Å²) in [6.07, 6.45) is 2.39. The summed E-state index contributed by atoms with van der Waals surface area (Å²) >= 11 is 0. The Morgan fingerprint density at radius 2 is 2.11 bits per heavy atom. The fourth-order valence-electron chi connectivity index (χ4n) is 2.23. The van der Waals surface area contributed by atoms with Crippen LogP contribution >= 0.6 is 0 Å². The van der Waals surface area contributed by atoms with Gasteiger partial charge in [-0.3, -0.25) is 4.79 Å². The average molecular weight is 292 g/mol. The minimum atomic E-state index is -3.25. The number of piperidine rings is 1. The van der Waals surface area contributed by atoms with Crippen LogP contribution in [0, 0.1) is 0 Å².